The lowest BCUT2D eigenvalue weighted by Gasteiger charge is -2.24. The fraction of sp³-hybridized carbons (Fsp3) is 0.250. The standard InChI is InChI=1S/C24H21N3O9/c1-14(28)34-20-19(36-23(31)16-10-6-3-7-11-16)17(13-33-22(30)15-8-4-2-5-9-15)35-21(20)27-24(32)26-18(29)12-25-27/h2-12,17,19-21H,13H2,1H3,(H,26,29,32)/t17-,19-,20-,21-/m1/s1. The molecule has 2 aromatic carbocycles. The van der Waals surface area contributed by atoms with Crippen LogP contribution in [-0.4, -0.2) is 57.6 Å². The van der Waals surface area contributed by atoms with Crippen LogP contribution in [0.15, 0.2) is 76.4 Å². The topological polar surface area (TPSA) is 156 Å². The van der Waals surface area contributed by atoms with Gasteiger partial charge in [-0.05, 0) is 24.3 Å². The number of carbonyl (C=O) groups is 3. The quantitative estimate of drug-likeness (QED) is 0.368. The molecule has 36 heavy (non-hydrogen) atoms. The predicted octanol–water partition coefficient (Wildman–Crippen LogP) is 0.843. The van der Waals surface area contributed by atoms with Crippen LogP contribution in [0, 0.1) is 0 Å². The molecule has 186 valence electrons. The van der Waals surface area contributed by atoms with Crippen molar-refractivity contribution in [3.63, 3.8) is 0 Å². The molecule has 1 aliphatic rings. The number of rotatable bonds is 7. The van der Waals surface area contributed by atoms with Crippen molar-refractivity contribution in [2.24, 2.45) is 0 Å². The van der Waals surface area contributed by atoms with E-state index >= 15 is 0 Å². The van der Waals surface area contributed by atoms with Crippen LogP contribution in [0.2, 0.25) is 0 Å². The van der Waals surface area contributed by atoms with Crippen LogP contribution in [0.5, 0.6) is 0 Å². The van der Waals surface area contributed by atoms with Gasteiger partial charge in [0.05, 0.1) is 11.1 Å². The van der Waals surface area contributed by atoms with Gasteiger partial charge in [0, 0.05) is 6.92 Å². The second-order valence-electron chi connectivity index (χ2n) is 7.72. The maximum atomic E-state index is 12.8. The van der Waals surface area contributed by atoms with Crippen molar-refractivity contribution in [1.82, 2.24) is 14.8 Å². The molecule has 0 saturated carbocycles. The maximum Gasteiger partial charge on any atom is 0.347 e. The smallest absolute Gasteiger partial charge is 0.347 e. The van der Waals surface area contributed by atoms with Crippen LogP contribution in [-0.2, 0) is 23.7 Å². The lowest BCUT2D eigenvalue weighted by atomic mass is 10.1. The van der Waals surface area contributed by atoms with Gasteiger partial charge < -0.3 is 18.9 Å². The summed E-state index contributed by atoms with van der Waals surface area (Å²) in [5.41, 5.74) is -1.21. The van der Waals surface area contributed by atoms with Crippen molar-refractivity contribution in [3.05, 3.63) is 98.8 Å². The zero-order chi connectivity index (χ0) is 25.7. The van der Waals surface area contributed by atoms with Crippen molar-refractivity contribution in [2.45, 2.75) is 31.5 Å². The summed E-state index contributed by atoms with van der Waals surface area (Å²) in [5.74, 6) is -2.18. The molecule has 0 amide bonds. The van der Waals surface area contributed by atoms with Gasteiger partial charge in [-0.1, -0.05) is 36.4 Å². The van der Waals surface area contributed by atoms with Gasteiger partial charge >= 0.3 is 23.6 Å². The van der Waals surface area contributed by atoms with Crippen LogP contribution < -0.4 is 11.2 Å². The molecular weight excluding hydrogens is 474 g/mol. The first-order chi connectivity index (χ1) is 17.3. The predicted molar refractivity (Wildman–Crippen MR) is 121 cm³/mol. The summed E-state index contributed by atoms with van der Waals surface area (Å²) in [6, 6.07) is 16.2. The number of carbonyl (C=O) groups excluding carboxylic acids is 3. The Labute approximate surface area is 203 Å². The van der Waals surface area contributed by atoms with Crippen LogP contribution in [0.3, 0.4) is 0 Å². The highest BCUT2D eigenvalue weighted by atomic mass is 16.7. The van der Waals surface area contributed by atoms with Crippen molar-refractivity contribution in [2.75, 3.05) is 6.61 Å². The molecule has 3 aromatic rings. The highest BCUT2D eigenvalue weighted by molar-refractivity contribution is 5.90. The van der Waals surface area contributed by atoms with Crippen LogP contribution in [0.25, 0.3) is 0 Å². The molecule has 4 rings (SSSR count). The summed E-state index contributed by atoms with van der Waals surface area (Å²) in [6.45, 7) is 0.714. The summed E-state index contributed by atoms with van der Waals surface area (Å²) < 4.78 is 23.0. The Morgan fingerprint density at radius 3 is 2.11 bits per heavy atom. The first-order valence-electron chi connectivity index (χ1n) is 10.8. The largest absolute Gasteiger partial charge is 0.459 e. The molecule has 12 nitrogen and oxygen atoms in total. The molecule has 4 atom stereocenters. The van der Waals surface area contributed by atoms with Gasteiger partial charge in [0.1, 0.15) is 18.9 Å². The molecule has 0 radical (unpaired) electrons. The zero-order valence-electron chi connectivity index (χ0n) is 18.9. The van der Waals surface area contributed by atoms with Crippen molar-refractivity contribution in [1.29, 1.82) is 0 Å². The summed E-state index contributed by atoms with van der Waals surface area (Å²) in [7, 11) is 0. The van der Waals surface area contributed by atoms with E-state index in [1.165, 1.54) is 12.1 Å². The molecule has 12 heteroatoms. The molecule has 2 heterocycles. The Balaban J connectivity index is 1.65. The number of nitrogens with one attached hydrogen (secondary N) is 1. The molecule has 0 unspecified atom stereocenters. The fourth-order valence-corrected chi connectivity index (χ4v) is 3.62. The first kappa shape index (κ1) is 24.5. The lowest BCUT2D eigenvalue weighted by Crippen LogP contribution is -2.43. The van der Waals surface area contributed by atoms with E-state index < -0.39 is 60.3 Å². The monoisotopic (exact) mass is 495 g/mol. The highest BCUT2D eigenvalue weighted by Gasteiger charge is 2.51. The van der Waals surface area contributed by atoms with Crippen molar-refractivity contribution in [3.8, 4) is 0 Å². The molecule has 1 aliphatic heterocycles. The first-order valence-corrected chi connectivity index (χ1v) is 10.8. The van der Waals surface area contributed by atoms with E-state index in [9.17, 15) is 24.0 Å². The van der Waals surface area contributed by atoms with Crippen LogP contribution in [0.1, 0.15) is 33.9 Å². The number of aromatic amines is 1. The van der Waals surface area contributed by atoms with E-state index in [-0.39, 0.29) is 11.1 Å². The lowest BCUT2D eigenvalue weighted by molar-refractivity contribution is -0.156. The Hall–Kier alpha value is -4.58. The van der Waals surface area contributed by atoms with E-state index in [0.29, 0.717) is 0 Å². The van der Waals surface area contributed by atoms with E-state index in [4.69, 9.17) is 18.9 Å². The molecule has 1 fully saturated rings. The molecule has 1 saturated heterocycles. The van der Waals surface area contributed by atoms with Crippen molar-refractivity contribution < 1.29 is 33.3 Å². The zero-order valence-corrected chi connectivity index (χ0v) is 18.9. The third-order valence-electron chi connectivity index (χ3n) is 5.21. The van der Waals surface area contributed by atoms with Crippen LogP contribution >= 0.6 is 0 Å². The van der Waals surface area contributed by atoms with Gasteiger partial charge in [-0.3, -0.25) is 14.6 Å². The van der Waals surface area contributed by atoms with Gasteiger partial charge in [0.25, 0.3) is 5.56 Å². The number of H-pyrrole nitrogens is 1. The average Bonchev–Trinajstić information content (AvgIpc) is 3.19. The minimum Gasteiger partial charge on any atom is -0.459 e. The number of esters is 3. The summed E-state index contributed by atoms with van der Waals surface area (Å²) >= 11 is 0. The Kier molecular flexibility index (Phi) is 7.35. The Morgan fingerprint density at radius 1 is 0.917 bits per heavy atom. The summed E-state index contributed by atoms with van der Waals surface area (Å²) in [5, 5.41) is 3.76. The molecule has 0 bridgehead atoms. The second-order valence-corrected chi connectivity index (χ2v) is 7.72. The third kappa shape index (κ3) is 5.55. The van der Waals surface area contributed by atoms with Gasteiger partial charge in [0.2, 0.25) is 0 Å². The average molecular weight is 495 g/mol. The Morgan fingerprint density at radius 2 is 1.53 bits per heavy atom. The van der Waals surface area contributed by atoms with E-state index in [2.05, 4.69) is 5.10 Å². The minimum absolute atomic E-state index is 0.210. The number of hydrogen-bond acceptors (Lipinski definition) is 10. The van der Waals surface area contributed by atoms with Crippen LogP contribution in [0.4, 0.5) is 0 Å². The molecule has 1 aromatic heterocycles. The summed E-state index contributed by atoms with van der Waals surface area (Å²) in [6.07, 6.45) is -4.36. The maximum absolute atomic E-state index is 12.8. The highest BCUT2D eigenvalue weighted by Crippen LogP contribution is 2.33. The molecule has 1 N–H and O–H groups in total. The molecule has 0 spiro atoms. The number of hydrogen-bond donors (Lipinski definition) is 1. The normalized spacial score (nSPS) is 20.9. The number of nitrogens with zero attached hydrogens (tertiary/aromatic N) is 2. The van der Waals surface area contributed by atoms with Gasteiger partial charge in [-0.2, -0.15) is 9.78 Å². The van der Waals surface area contributed by atoms with Gasteiger partial charge in [-0.25, -0.2) is 14.4 Å². The summed E-state index contributed by atoms with van der Waals surface area (Å²) in [4.78, 5) is 63.1. The number of ether oxygens (including phenoxy) is 4. The SMILES string of the molecule is CC(=O)O[C@@H]1[C@H](OC(=O)c2ccccc2)[C@@H](COC(=O)c2ccccc2)O[C@H]1n1ncc(=O)[nH]c1=O. The van der Waals surface area contributed by atoms with Gasteiger partial charge in [-0.15, -0.1) is 0 Å². The van der Waals surface area contributed by atoms with E-state index in [1.807, 2.05) is 4.98 Å². The minimum atomic E-state index is -1.40. The second kappa shape index (κ2) is 10.8. The van der Waals surface area contributed by atoms with E-state index in [1.54, 1.807) is 48.5 Å². The number of benzene rings is 2. The Bertz CT molecular complexity index is 1350. The molecule has 0 aliphatic carbocycles. The molecular formula is C24H21N3O9. The van der Waals surface area contributed by atoms with Crippen molar-refractivity contribution >= 4 is 17.9 Å². The van der Waals surface area contributed by atoms with Gasteiger partial charge in [0.15, 0.2) is 18.4 Å². The fourth-order valence-electron chi connectivity index (χ4n) is 3.62. The number of aromatic nitrogens is 3. The third-order valence-corrected chi connectivity index (χ3v) is 5.21. The van der Waals surface area contributed by atoms with E-state index in [0.717, 1.165) is 17.8 Å².